The van der Waals surface area contributed by atoms with Gasteiger partial charge >= 0.3 is 0 Å². The van der Waals surface area contributed by atoms with Gasteiger partial charge in [-0.1, -0.05) is 107 Å². The number of benzene rings is 3. The molecule has 0 amide bonds. The molecule has 174 valence electrons. The van der Waals surface area contributed by atoms with Crippen LogP contribution in [0.2, 0.25) is 0 Å². The molecule has 0 saturated heterocycles. The third-order valence-electron chi connectivity index (χ3n) is 6.89. The van der Waals surface area contributed by atoms with Gasteiger partial charge < -0.3 is 5.73 Å². The van der Waals surface area contributed by atoms with Gasteiger partial charge in [0.15, 0.2) is 0 Å². The summed E-state index contributed by atoms with van der Waals surface area (Å²) >= 11 is 0. The van der Waals surface area contributed by atoms with Crippen LogP contribution in [0.1, 0.15) is 74.3 Å². The number of rotatable bonds is 11. The fourth-order valence-electron chi connectivity index (χ4n) is 4.81. The maximum atomic E-state index is 6.72. The van der Waals surface area contributed by atoms with E-state index in [0.29, 0.717) is 0 Å². The molecule has 3 aromatic carbocycles. The van der Waals surface area contributed by atoms with Crippen LogP contribution in [0.3, 0.4) is 0 Å². The number of anilines is 1. The van der Waals surface area contributed by atoms with Gasteiger partial charge in [-0.25, -0.2) is 0 Å². The minimum absolute atomic E-state index is 0.818. The molecule has 0 saturated carbocycles. The number of nitrogen functional groups attached to an aromatic ring is 1. The summed E-state index contributed by atoms with van der Waals surface area (Å²) in [6, 6.07) is 22.0. The van der Waals surface area contributed by atoms with Crippen LogP contribution in [-0.4, -0.2) is 0 Å². The maximum Gasteiger partial charge on any atom is 0.0470 e. The molecule has 0 spiro atoms. The zero-order valence-electron chi connectivity index (χ0n) is 21.1. The number of hydrogen-bond donors (Lipinski definition) is 1. The first-order valence-electron chi connectivity index (χ1n) is 12.7. The Kier molecular flexibility index (Phi) is 8.95. The molecule has 1 atom stereocenters. The highest BCUT2D eigenvalue weighted by atomic mass is 14.6. The number of aryl methyl sites for hydroxylation is 3. The van der Waals surface area contributed by atoms with Crippen molar-refractivity contribution in [1.29, 1.82) is 0 Å². The lowest BCUT2D eigenvalue weighted by atomic mass is 9.91. The third kappa shape index (κ3) is 6.60. The van der Waals surface area contributed by atoms with Crippen LogP contribution in [0.15, 0.2) is 67.2 Å². The van der Waals surface area contributed by atoms with Gasteiger partial charge in [0, 0.05) is 16.8 Å². The molecule has 1 unspecified atom stereocenters. The minimum Gasteiger partial charge on any atom is -0.398 e. The molecule has 1 nitrogen and oxygen atoms in total. The molecular weight excluding hydrogens is 398 g/mol. The van der Waals surface area contributed by atoms with E-state index in [1.807, 2.05) is 0 Å². The van der Waals surface area contributed by atoms with Gasteiger partial charge in [0.1, 0.15) is 0 Å². The fourth-order valence-corrected chi connectivity index (χ4v) is 4.81. The van der Waals surface area contributed by atoms with Crippen molar-refractivity contribution >= 4 is 11.3 Å². The molecule has 33 heavy (non-hydrogen) atoms. The standard InChI is InChI=1S/C32H41N/c1-6-11-23(3)12-8-13-27-14-9-15-29(22-27)31-17-10-16-30(32(31)33)25(5)21-28-19-18-26(7-2)20-24(28)4/h9-10,14-20,22-23H,5-8,11-13,21,33H2,1-4H3. The number of nitrogens with two attached hydrogens (primary N) is 1. The number of para-hydroxylation sites is 1. The lowest BCUT2D eigenvalue weighted by Crippen LogP contribution is -2.00. The van der Waals surface area contributed by atoms with Crippen LogP contribution in [0.25, 0.3) is 16.7 Å². The Labute approximate surface area is 201 Å². The van der Waals surface area contributed by atoms with Gasteiger partial charge in [-0.05, 0) is 71.9 Å². The van der Waals surface area contributed by atoms with Gasteiger partial charge in [0.25, 0.3) is 0 Å². The molecule has 0 heterocycles. The first-order chi connectivity index (χ1) is 15.9. The molecular formula is C32H41N. The second-order valence-electron chi connectivity index (χ2n) is 9.65. The monoisotopic (exact) mass is 439 g/mol. The van der Waals surface area contributed by atoms with E-state index in [0.717, 1.165) is 47.6 Å². The number of hydrogen-bond acceptors (Lipinski definition) is 1. The first-order valence-corrected chi connectivity index (χ1v) is 12.7. The van der Waals surface area contributed by atoms with Crippen molar-refractivity contribution < 1.29 is 0 Å². The van der Waals surface area contributed by atoms with Crippen molar-refractivity contribution in [3.8, 4) is 11.1 Å². The highest BCUT2D eigenvalue weighted by molar-refractivity contribution is 5.86. The molecule has 2 N–H and O–H groups in total. The molecule has 1 heteroatoms. The van der Waals surface area contributed by atoms with Gasteiger partial charge in [0.05, 0.1) is 0 Å². The van der Waals surface area contributed by atoms with Crippen LogP contribution in [0.5, 0.6) is 0 Å². The Morgan fingerprint density at radius 2 is 1.73 bits per heavy atom. The first kappa shape index (κ1) is 24.8. The smallest absolute Gasteiger partial charge is 0.0470 e. The second kappa shape index (κ2) is 11.9. The van der Waals surface area contributed by atoms with Crippen LogP contribution in [0, 0.1) is 12.8 Å². The van der Waals surface area contributed by atoms with Crippen LogP contribution in [-0.2, 0) is 19.3 Å². The molecule has 0 aliphatic rings. The zero-order chi connectivity index (χ0) is 23.8. The Balaban J connectivity index is 1.76. The summed E-state index contributed by atoms with van der Waals surface area (Å²) in [6.07, 6.45) is 8.16. The molecule has 0 aliphatic carbocycles. The summed E-state index contributed by atoms with van der Waals surface area (Å²) < 4.78 is 0. The quantitative estimate of drug-likeness (QED) is 0.297. The van der Waals surface area contributed by atoms with Gasteiger partial charge in [0.2, 0.25) is 0 Å². The number of allylic oxidation sites excluding steroid dienone is 1. The molecule has 0 fully saturated rings. The summed E-state index contributed by atoms with van der Waals surface area (Å²) in [4.78, 5) is 0. The average molecular weight is 440 g/mol. The summed E-state index contributed by atoms with van der Waals surface area (Å²) in [5.41, 5.74) is 17.4. The topological polar surface area (TPSA) is 26.0 Å². The molecule has 0 aromatic heterocycles. The lowest BCUT2D eigenvalue weighted by molar-refractivity contribution is 0.469. The molecule has 3 aromatic rings. The van der Waals surface area contributed by atoms with E-state index in [2.05, 4.69) is 94.9 Å². The van der Waals surface area contributed by atoms with Crippen molar-refractivity contribution in [2.75, 3.05) is 5.73 Å². The fraction of sp³-hybridized carbons (Fsp3) is 0.375. The molecule has 3 rings (SSSR count). The van der Waals surface area contributed by atoms with Crippen molar-refractivity contribution in [2.45, 2.75) is 72.6 Å². The van der Waals surface area contributed by atoms with Crippen LogP contribution in [0.4, 0.5) is 5.69 Å². The molecule has 0 bridgehead atoms. The van der Waals surface area contributed by atoms with E-state index in [4.69, 9.17) is 5.73 Å². The Morgan fingerprint density at radius 1 is 0.939 bits per heavy atom. The SMILES string of the molecule is C=C(Cc1ccc(CC)cc1C)c1cccc(-c2cccc(CCCC(C)CCC)c2)c1N. The van der Waals surface area contributed by atoms with E-state index in [1.54, 1.807) is 0 Å². The maximum absolute atomic E-state index is 6.72. The lowest BCUT2D eigenvalue weighted by Gasteiger charge is -2.16. The van der Waals surface area contributed by atoms with Gasteiger partial charge in [-0.3, -0.25) is 0 Å². The molecule has 0 radical (unpaired) electrons. The van der Waals surface area contributed by atoms with E-state index >= 15 is 0 Å². The van der Waals surface area contributed by atoms with Crippen molar-refractivity contribution in [3.63, 3.8) is 0 Å². The Morgan fingerprint density at radius 3 is 2.45 bits per heavy atom. The van der Waals surface area contributed by atoms with E-state index in [-0.39, 0.29) is 0 Å². The van der Waals surface area contributed by atoms with Crippen molar-refractivity contribution in [2.24, 2.45) is 5.92 Å². The summed E-state index contributed by atoms with van der Waals surface area (Å²) in [6.45, 7) is 13.4. The van der Waals surface area contributed by atoms with Gasteiger partial charge in [-0.2, -0.15) is 0 Å². The van der Waals surface area contributed by atoms with Gasteiger partial charge in [-0.15, -0.1) is 0 Å². The normalized spacial score (nSPS) is 12.0. The third-order valence-corrected chi connectivity index (χ3v) is 6.89. The molecule has 0 aliphatic heterocycles. The Bertz CT molecular complexity index is 1080. The van der Waals surface area contributed by atoms with Crippen LogP contribution < -0.4 is 5.73 Å². The second-order valence-corrected chi connectivity index (χ2v) is 9.65. The minimum atomic E-state index is 0.818. The Hall–Kier alpha value is -2.80. The zero-order valence-corrected chi connectivity index (χ0v) is 21.1. The summed E-state index contributed by atoms with van der Waals surface area (Å²) in [5, 5.41) is 0. The van der Waals surface area contributed by atoms with Crippen molar-refractivity contribution in [3.05, 3.63) is 95.1 Å². The van der Waals surface area contributed by atoms with Crippen LogP contribution >= 0.6 is 0 Å². The highest BCUT2D eigenvalue weighted by Gasteiger charge is 2.12. The summed E-state index contributed by atoms with van der Waals surface area (Å²) in [7, 11) is 0. The average Bonchev–Trinajstić information content (AvgIpc) is 2.81. The van der Waals surface area contributed by atoms with E-state index in [9.17, 15) is 0 Å². The summed E-state index contributed by atoms with van der Waals surface area (Å²) in [5.74, 6) is 0.818. The largest absolute Gasteiger partial charge is 0.398 e. The predicted octanol–water partition coefficient (Wildman–Crippen LogP) is 8.82. The van der Waals surface area contributed by atoms with Crippen molar-refractivity contribution in [1.82, 2.24) is 0 Å². The van der Waals surface area contributed by atoms with E-state index < -0.39 is 0 Å². The highest BCUT2D eigenvalue weighted by Crippen LogP contribution is 2.34. The van der Waals surface area contributed by atoms with E-state index in [1.165, 1.54) is 53.5 Å². The predicted molar refractivity (Wildman–Crippen MR) is 147 cm³/mol.